The van der Waals surface area contributed by atoms with Gasteiger partial charge in [-0.1, -0.05) is 27.7 Å². The Kier molecular flexibility index (Phi) is 6.20. The first-order chi connectivity index (χ1) is 9.43. The molecule has 0 saturated heterocycles. The highest BCUT2D eigenvalue weighted by molar-refractivity contribution is 5.74. The number of nitrogens with zero attached hydrogens (tertiary/aromatic N) is 2. The number of carbonyl (C=O) groups is 1. The molecule has 1 aromatic heterocycles. The van der Waals surface area contributed by atoms with Crippen LogP contribution < -0.4 is 5.32 Å². The van der Waals surface area contributed by atoms with Gasteiger partial charge in [0, 0.05) is 31.4 Å². The fourth-order valence-electron chi connectivity index (χ4n) is 2.30. The highest BCUT2D eigenvalue weighted by Gasteiger charge is 2.34. The number of aromatic nitrogens is 2. The highest BCUT2D eigenvalue weighted by Crippen LogP contribution is 2.25. The zero-order valence-electron chi connectivity index (χ0n) is 13.0. The summed E-state index contributed by atoms with van der Waals surface area (Å²) in [6.07, 6.45) is 5.14. The minimum Gasteiger partial charge on any atom is -0.481 e. The van der Waals surface area contributed by atoms with E-state index in [9.17, 15) is 9.90 Å². The standard InChI is InChI=1S/C15H27N3O2/c1-5-15(6-2,14(19)20)11-16-7-13-8-17-18(10-13)9-12(3)4/h8,10,12,16H,5-7,9,11H2,1-4H3,(H,19,20). The van der Waals surface area contributed by atoms with E-state index in [1.807, 2.05) is 30.9 Å². The van der Waals surface area contributed by atoms with Gasteiger partial charge in [-0.2, -0.15) is 5.10 Å². The number of aliphatic carboxylic acids is 1. The molecule has 0 aliphatic heterocycles. The molecule has 1 heterocycles. The van der Waals surface area contributed by atoms with Gasteiger partial charge in [-0.15, -0.1) is 0 Å². The summed E-state index contributed by atoms with van der Waals surface area (Å²) in [5, 5.41) is 16.9. The second-order valence-corrected chi connectivity index (χ2v) is 5.86. The van der Waals surface area contributed by atoms with Gasteiger partial charge in [-0.25, -0.2) is 0 Å². The Morgan fingerprint density at radius 2 is 2.10 bits per heavy atom. The third-order valence-electron chi connectivity index (χ3n) is 3.84. The maximum Gasteiger partial charge on any atom is 0.310 e. The van der Waals surface area contributed by atoms with Crippen molar-refractivity contribution in [2.24, 2.45) is 11.3 Å². The van der Waals surface area contributed by atoms with Gasteiger partial charge in [0.05, 0.1) is 11.6 Å². The number of hydrogen-bond donors (Lipinski definition) is 2. The molecule has 0 atom stereocenters. The number of carboxylic acids is 1. The molecule has 0 aromatic carbocycles. The molecular weight excluding hydrogens is 254 g/mol. The third-order valence-corrected chi connectivity index (χ3v) is 3.84. The quantitative estimate of drug-likeness (QED) is 0.730. The molecule has 1 rings (SSSR count). The van der Waals surface area contributed by atoms with E-state index in [1.165, 1.54) is 0 Å². The van der Waals surface area contributed by atoms with Crippen LogP contribution in [0.5, 0.6) is 0 Å². The molecular formula is C15H27N3O2. The largest absolute Gasteiger partial charge is 0.481 e. The van der Waals surface area contributed by atoms with Crippen LogP contribution in [0.15, 0.2) is 12.4 Å². The van der Waals surface area contributed by atoms with Crippen molar-refractivity contribution in [3.8, 4) is 0 Å². The number of nitrogens with one attached hydrogen (secondary N) is 1. The van der Waals surface area contributed by atoms with Crippen molar-refractivity contribution in [2.45, 2.75) is 53.6 Å². The van der Waals surface area contributed by atoms with Crippen molar-refractivity contribution >= 4 is 5.97 Å². The van der Waals surface area contributed by atoms with Crippen molar-refractivity contribution in [3.63, 3.8) is 0 Å². The van der Waals surface area contributed by atoms with Crippen molar-refractivity contribution in [1.82, 2.24) is 15.1 Å². The second kappa shape index (κ2) is 7.43. The molecule has 114 valence electrons. The molecule has 0 radical (unpaired) electrons. The summed E-state index contributed by atoms with van der Waals surface area (Å²) < 4.78 is 1.94. The normalized spacial score (nSPS) is 12.1. The lowest BCUT2D eigenvalue weighted by Gasteiger charge is -2.26. The van der Waals surface area contributed by atoms with Crippen LogP contribution in [0.1, 0.15) is 46.1 Å². The Balaban J connectivity index is 2.51. The van der Waals surface area contributed by atoms with E-state index in [0.717, 1.165) is 12.1 Å². The van der Waals surface area contributed by atoms with Gasteiger partial charge in [-0.3, -0.25) is 9.48 Å². The molecule has 0 saturated carbocycles. The summed E-state index contributed by atoms with van der Waals surface area (Å²) in [5.74, 6) is -0.152. The molecule has 0 fully saturated rings. The molecule has 0 aliphatic rings. The monoisotopic (exact) mass is 281 g/mol. The number of hydrogen-bond acceptors (Lipinski definition) is 3. The Morgan fingerprint density at radius 3 is 2.60 bits per heavy atom. The first-order valence-corrected chi connectivity index (χ1v) is 7.39. The molecule has 0 spiro atoms. The summed E-state index contributed by atoms with van der Waals surface area (Å²) in [4.78, 5) is 11.4. The van der Waals surface area contributed by atoms with E-state index in [0.29, 0.717) is 31.8 Å². The van der Waals surface area contributed by atoms with Gasteiger partial charge >= 0.3 is 5.97 Å². The average Bonchev–Trinajstić information content (AvgIpc) is 2.81. The third kappa shape index (κ3) is 4.34. The predicted octanol–water partition coefficient (Wildman–Crippen LogP) is 2.52. The summed E-state index contributed by atoms with van der Waals surface area (Å²) in [6, 6.07) is 0. The Hall–Kier alpha value is -1.36. The first kappa shape index (κ1) is 16.7. The molecule has 0 bridgehead atoms. The lowest BCUT2D eigenvalue weighted by Crippen LogP contribution is -2.39. The van der Waals surface area contributed by atoms with E-state index in [4.69, 9.17) is 0 Å². The van der Waals surface area contributed by atoms with E-state index in [-0.39, 0.29) is 0 Å². The van der Waals surface area contributed by atoms with Gasteiger partial charge in [0.2, 0.25) is 0 Å². The maximum atomic E-state index is 11.4. The smallest absolute Gasteiger partial charge is 0.310 e. The van der Waals surface area contributed by atoms with Gasteiger partial charge in [0.25, 0.3) is 0 Å². The van der Waals surface area contributed by atoms with Crippen molar-refractivity contribution in [2.75, 3.05) is 6.54 Å². The van der Waals surface area contributed by atoms with Crippen LogP contribution >= 0.6 is 0 Å². The zero-order chi connectivity index (χ0) is 15.2. The molecule has 2 N–H and O–H groups in total. The fraction of sp³-hybridized carbons (Fsp3) is 0.733. The van der Waals surface area contributed by atoms with E-state index in [1.54, 1.807) is 0 Å². The predicted molar refractivity (Wildman–Crippen MR) is 79.4 cm³/mol. The molecule has 0 amide bonds. The minimum atomic E-state index is -0.717. The molecule has 20 heavy (non-hydrogen) atoms. The van der Waals surface area contributed by atoms with Gasteiger partial charge in [0.1, 0.15) is 0 Å². The lowest BCUT2D eigenvalue weighted by atomic mass is 9.82. The van der Waals surface area contributed by atoms with Crippen molar-refractivity contribution in [1.29, 1.82) is 0 Å². The SMILES string of the molecule is CCC(CC)(CNCc1cnn(CC(C)C)c1)C(=O)O. The van der Waals surface area contributed by atoms with Crippen LogP contribution in [0, 0.1) is 11.3 Å². The van der Waals surface area contributed by atoms with Crippen LogP contribution in [0.4, 0.5) is 0 Å². The average molecular weight is 281 g/mol. The van der Waals surface area contributed by atoms with Crippen molar-refractivity contribution in [3.05, 3.63) is 18.0 Å². The number of carboxylic acid groups (broad SMARTS) is 1. The van der Waals surface area contributed by atoms with E-state index < -0.39 is 11.4 Å². The van der Waals surface area contributed by atoms with E-state index in [2.05, 4.69) is 24.3 Å². The minimum absolute atomic E-state index is 0.491. The summed E-state index contributed by atoms with van der Waals surface area (Å²) in [6.45, 7) is 10.2. The molecule has 0 unspecified atom stereocenters. The summed E-state index contributed by atoms with van der Waals surface area (Å²) in [7, 11) is 0. The molecule has 5 heteroatoms. The van der Waals surface area contributed by atoms with Crippen LogP contribution in [0.3, 0.4) is 0 Å². The molecule has 1 aromatic rings. The topological polar surface area (TPSA) is 67.2 Å². The van der Waals surface area contributed by atoms with Gasteiger partial charge in [-0.05, 0) is 18.8 Å². The van der Waals surface area contributed by atoms with E-state index >= 15 is 0 Å². The Labute approximate surface area is 121 Å². The fourth-order valence-corrected chi connectivity index (χ4v) is 2.30. The lowest BCUT2D eigenvalue weighted by molar-refractivity contribution is -0.149. The summed E-state index contributed by atoms with van der Waals surface area (Å²) in [5.41, 5.74) is 0.436. The van der Waals surface area contributed by atoms with Crippen LogP contribution in [-0.2, 0) is 17.9 Å². The van der Waals surface area contributed by atoms with Gasteiger partial charge in [0.15, 0.2) is 0 Å². The summed E-state index contributed by atoms with van der Waals surface area (Å²) >= 11 is 0. The van der Waals surface area contributed by atoms with Crippen molar-refractivity contribution < 1.29 is 9.90 Å². The van der Waals surface area contributed by atoms with Crippen LogP contribution in [0.25, 0.3) is 0 Å². The highest BCUT2D eigenvalue weighted by atomic mass is 16.4. The zero-order valence-corrected chi connectivity index (χ0v) is 13.0. The maximum absolute atomic E-state index is 11.4. The van der Waals surface area contributed by atoms with Crippen LogP contribution in [0.2, 0.25) is 0 Å². The second-order valence-electron chi connectivity index (χ2n) is 5.86. The molecule has 5 nitrogen and oxygen atoms in total. The number of rotatable bonds is 9. The Morgan fingerprint density at radius 1 is 1.45 bits per heavy atom. The Bertz CT molecular complexity index is 423. The van der Waals surface area contributed by atoms with Crippen LogP contribution in [-0.4, -0.2) is 27.4 Å². The molecule has 0 aliphatic carbocycles. The van der Waals surface area contributed by atoms with Gasteiger partial charge < -0.3 is 10.4 Å². The first-order valence-electron chi connectivity index (χ1n) is 7.39.